The number of nitrogens with zero attached hydrogens (tertiary/aromatic N) is 4. The predicted octanol–water partition coefficient (Wildman–Crippen LogP) is 1.27. The smallest absolute Gasteiger partial charge is 0.251 e. The van der Waals surface area contributed by atoms with Crippen LogP contribution in [0.15, 0.2) is 48.8 Å². The third-order valence-electron chi connectivity index (χ3n) is 3.87. The molecule has 0 aliphatic rings. The second kappa shape index (κ2) is 8.17. The normalized spacial score (nSPS) is 10.4. The van der Waals surface area contributed by atoms with Crippen molar-refractivity contribution < 1.29 is 14.0 Å². The molecule has 8 nitrogen and oxygen atoms in total. The summed E-state index contributed by atoms with van der Waals surface area (Å²) in [6.45, 7) is 2.10. The fourth-order valence-electron chi connectivity index (χ4n) is 2.34. The molecule has 9 heteroatoms. The number of carbonyl (C=O) groups is 2. The van der Waals surface area contributed by atoms with Crippen LogP contribution in [-0.2, 0) is 0 Å². The van der Waals surface area contributed by atoms with Gasteiger partial charge in [-0.1, -0.05) is 6.07 Å². The van der Waals surface area contributed by atoms with Crippen LogP contribution in [0.25, 0.3) is 5.69 Å². The van der Waals surface area contributed by atoms with Gasteiger partial charge in [0, 0.05) is 24.2 Å². The Morgan fingerprint density at radius 1 is 1.00 bits per heavy atom. The minimum absolute atomic E-state index is 0.225. The van der Waals surface area contributed by atoms with Crippen LogP contribution in [0.5, 0.6) is 0 Å². The summed E-state index contributed by atoms with van der Waals surface area (Å²) in [7, 11) is 0. The number of nitrogens with one attached hydrogen (secondary N) is 2. The van der Waals surface area contributed by atoms with Gasteiger partial charge in [0.1, 0.15) is 12.1 Å². The van der Waals surface area contributed by atoms with Gasteiger partial charge in [-0.2, -0.15) is 0 Å². The molecule has 138 valence electrons. The lowest BCUT2D eigenvalue weighted by Gasteiger charge is -2.08. The highest BCUT2D eigenvalue weighted by Crippen LogP contribution is 2.09. The molecule has 0 unspecified atom stereocenters. The molecule has 0 bridgehead atoms. The van der Waals surface area contributed by atoms with Crippen molar-refractivity contribution in [1.29, 1.82) is 0 Å². The number of benzene rings is 2. The second-order valence-electron chi connectivity index (χ2n) is 5.78. The van der Waals surface area contributed by atoms with E-state index in [1.807, 2.05) is 0 Å². The third kappa shape index (κ3) is 4.51. The van der Waals surface area contributed by atoms with E-state index < -0.39 is 11.7 Å². The van der Waals surface area contributed by atoms with E-state index in [4.69, 9.17) is 0 Å². The maximum Gasteiger partial charge on any atom is 0.251 e. The molecule has 1 heterocycles. The molecule has 0 atom stereocenters. The number of carbonyl (C=O) groups excluding carboxylic acids is 2. The van der Waals surface area contributed by atoms with E-state index >= 15 is 0 Å². The summed E-state index contributed by atoms with van der Waals surface area (Å²) in [6.07, 6.45) is 1.46. The lowest BCUT2D eigenvalue weighted by molar-refractivity contribution is 0.0927. The molecule has 0 aliphatic heterocycles. The van der Waals surface area contributed by atoms with E-state index in [1.165, 1.54) is 17.1 Å². The first-order valence-electron chi connectivity index (χ1n) is 8.20. The highest BCUT2D eigenvalue weighted by molar-refractivity contribution is 5.95. The van der Waals surface area contributed by atoms with Crippen molar-refractivity contribution in [3.8, 4) is 5.69 Å². The van der Waals surface area contributed by atoms with Gasteiger partial charge in [0.05, 0.1) is 5.69 Å². The van der Waals surface area contributed by atoms with Crippen molar-refractivity contribution >= 4 is 11.8 Å². The Morgan fingerprint density at radius 3 is 2.22 bits per heavy atom. The number of hydrogen-bond acceptors (Lipinski definition) is 5. The van der Waals surface area contributed by atoms with E-state index in [0.29, 0.717) is 11.1 Å². The molecule has 3 rings (SSSR count). The van der Waals surface area contributed by atoms with Crippen molar-refractivity contribution in [3.05, 3.63) is 71.3 Å². The molecule has 0 radical (unpaired) electrons. The fraction of sp³-hybridized carbons (Fsp3) is 0.167. The Hall–Kier alpha value is -3.62. The van der Waals surface area contributed by atoms with Crippen LogP contribution >= 0.6 is 0 Å². The zero-order valence-corrected chi connectivity index (χ0v) is 14.5. The summed E-state index contributed by atoms with van der Waals surface area (Å²) in [5, 5.41) is 16.2. The maximum absolute atomic E-state index is 13.5. The average molecular weight is 368 g/mol. The topological polar surface area (TPSA) is 102 Å². The van der Waals surface area contributed by atoms with Crippen molar-refractivity contribution in [2.24, 2.45) is 0 Å². The summed E-state index contributed by atoms with van der Waals surface area (Å²) < 4.78 is 15.0. The second-order valence-corrected chi connectivity index (χ2v) is 5.78. The van der Waals surface area contributed by atoms with Crippen LogP contribution < -0.4 is 10.6 Å². The number of tetrazole rings is 1. The first kappa shape index (κ1) is 18.2. The summed E-state index contributed by atoms with van der Waals surface area (Å²) in [5.74, 6) is -1.09. The van der Waals surface area contributed by atoms with E-state index in [2.05, 4.69) is 26.2 Å². The molecule has 0 saturated carbocycles. The summed E-state index contributed by atoms with van der Waals surface area (Å²) in [6, 6.07) is 11.0. The summed E-state index contributed by atoms with van der Waals surface area (Å²) in [4.78, 5) is 24.1. The highest BCUT2D eigenvalue weighted by Gasteiger charge is 2.09. The van der Waals surface area contributed by atoms with Gasteiger partial charge in [0.25, 0.3) is 11.8 Å². The molecular weight excluding hydrogens is 351 g/mol. The van der Waals surface area contributed by atoms with Crippen molar-refractivity contribution in [3.63, 3.8) is 0 Å². The summed E-state index contributed by atoms with van der Waals surface area (Å²) >= 11 is 0. The van der Waals surface area contributed by atoms with E-state index in [-0.39, 0.29) is 24.6 Å². The lowest BCUT2D eigenvalue weighted by atomic mass is 10.1. The number of amides is 2. The largest absolute Gasteiger partial charge is 0.350 e. The molecule has 2 aromatic carbocycles. The van der Waals surface area contributed by atoms with Gasteiger partial charge in [-0.3, -0.25) is 9.59 Å². The van der Waals surface area contributed by atoms with Crippen LogP contribution in [0.4, 0.5) is 4.39 Å². The Balaban J connectivity index is 1.46. The van der Waals surface area contributed by atoms with Crippen molar-refractivity contribution in [1.82, 2.24) is 30.8 Å². The molecule has 2 N–H and O–H groups in total. The van der Waals surface area contributed by atoms with Gasteiger partial charge < -0.3 is 10.6 Å². The van der Waals surface area contributed by atoms with Crippen molar-refractivity contribution in [2.45, 2.75) is 6.92 Å². The SMILES string of the molecule is Cc1ccc(C(=O)NCCNC(=O)c2ccc(-n3cnnn3)cc2)cc1F. The number of halogens is 1. The molecule has 1 aromatic heterocycles. The van der Waals surface area contributed by atoms with Gasteiger partial charge in [0.15, 0.2) is 0 Å². The number of hydrogen-bond donors (Lipinski definition) is 2. The Morgan fingerprint density at radius 2 is 1.63 bits per heavy atom. The minimum atomic E-state index is -0.430. The Labute approximate surface area is 154 Å². The highest BCUT2D eigenvalue weighted by atomic mass is 19.1. The number of aromatic nitrogens is 4. The zero-order chi connectivity index (χ0) is 19.2. The van der Waals surface area contributed by atoms with Crippen LogP contribution in [0, 0.1) is 12.7 Å². The van der Waals surface area contributed by atoms with Crippen LogP contribution in [0.2, 0.25) is 0 Å². The zero-order valence-electron chi connectivity index (χ0n) is 14.5. The van der Waals surface area contributed by atoms with Crippen LogP contribution in [-0.4, -0.2) is 45.1 Å². The molecular formula is C18H17FN6O2. The van der Waals surface area contributed by atoms with Gasteiger partial charge in [0.2, 0.25) is 0 Å². The van der Waals surface area contributed by atoms with Crippen LogP contribution in [0.3, 0.4) is 0 Å². The number of aryl methyl sites for hydroxylation is 1. The first-order valence-corrected chi connectivity index (χ1v) is 8.20. The molecule has 0 aliphatic carbocycles. The molecule has 3 aromatic rings. The Kier molecular flexibility index (Phi) is 5.50. The fourth-order valence-corrected chi connectivity index (χ4v) is 2.34. The first-order chi connectivity index (χ1) is 13.0. The van der Waals surface area contributed by atoms with E-state index in [9.17, 15) is 14.0 Å². The third-order valence-corrected chi connectivity index (χ3v) is 3.87. The lowest BCUT2D eigenvalue weighted by Crippen LogP contribution is -2.34. The average Bonchev–Trinajstić information content (AvgIpc) is 3.22. The number of rotatable bonds is 6. The summed E-state index contributed by atoms with van der Waals surface area (Å²) in [5.41, 5.74) is 1.92. The Bertz CT molecular complexity index is 941. The quantitative estimate of drug-likeness (QED) is 0.638. The molecule has 27 heavy (non-hydrogen) atoms. The van der Waals surface area contributed by atoms with Gasteiger partial charge >= 0.3 is 0 Å². The maximum atomic E-state index is 13.5. The van der Waals surface area contributed by atoms with Gasteiger partial charge in [-0.15, -0.1) is 5.10 Å². The molecule has 0 spiro atoms. The van der Waals surface area contributed by atoms with E-state index in [1.54, 1.807) is 43.3 Å². The van der Waals surface area contributed by atoms with Crippen molar-refractivity contribution in [2.75, 3.05) is 13.1 Å². The predicted molar refractivity (Wildman–Crippen MR) is 95.0 cm³/mol. The molecule has 0 fully saturated rings. The van der Waals surface area contributed by atoms with Gasteiger partial charge in [-0.05, 0) is 59.3 Å². The van der Waals surface area contributed by atoms with Gasteiger partial charge in [-0.25, -0.2) is 9.07 Å². The van der Waals surface area contributed by atoms with Crippen LogP contribution in [0.1, 0.15) is 26.3 Å². The van der Waals surface area contributed by atoms with E-state index in [0.717, 1.165) is 5.69 Å². The monoisotopic (exact) mass is 368 g/mol. The molecule has 2 amide bonds. The minimum Gasteiger partial charge on any atom is -0.350 e. The molecule has 0 saturated heterocycles. The standard InChI is InChI=1S/C18H17FN6O2/c1-12-2-3-14(10-16(12)19)18(27)21-9-8-20-17(26)13-4-6-15(7-5-13)25-11-22-23-24-25/h2-7,10-11H,8-9H2,1H3,(H,20,26)(H,21,27).